The Labute approximate surface area is 511 Å². The molecular weight excluding hydrogens is 1020 g/mol. The molecule has 0 radical (unpaired) electrons. The minimum atomic E-state index is -0.815. The standard InChI is InChI=1S/C77H124O6/c1-4-7-10-13-16-19-22-25-28-31-33-35-36-37-38-39-40-42-43-46-49-52-55-58-61-64-67-70-76(79)82-73-74(72-81-75(78)69-66-63-60-57-54-51-48-45-30-27-24-21-18-15-12-9-6-3)83-77(80)71-68-65-62-59-56-53-50-47-44-41-34-32-29-26-23-20-17-14-11-8-5-2/h7-8,10-11,16-21,25-30,33-35,37-38,41,47,50,56,59,74H,4-6,9,12-15,22-24,31-32,36,39-40,42-46,48-49,51-55,57-58,60-73H2,1-3H3/b10-7-,11-8-,19-16-,20-17-,21-18-,28-25-,29-26-,30-27-,35-33-,38-37-,41-34-,50-47-,59-56-. The minimum Gasteiger partial charge on any atom is -0.462 e. The summed E-state index contributed by atoms with van der Waals surface area (Å²) in [7, 11) is 0. The Morgan fingerprint density at radius 1 is 0.253 bits per heavy atom. The van der Waals surface area contributed by atoms with Crippen molar-refractivity contribution in [2.45, 2.75) is 297 Å². The van der Waals surface area contributed by atoms with E-state index < -0.39 is 6.10 Å². The van der Waals surface area contributed by atoms with Crippen LogP contribution in [0.1, 0.15) is 290 Å². The first-order chi connectivity index (χ1) is 41.0. The summed E-state index contributed by atoms with van der Waals surface area (Å²) in [5.74, 6) is -0.958. The second-order valence-corrected chi connectivity index (χ2v) is 22.0. The molecule has 0 aromatic carbocycles. The molecule has 0 aliphatic heterocycles. The van der Waals surface area contributed by atoms with Crippen molar-refractivity contribution in [1.82, 2.24) is 0 Å². The van der Waals surface area contributed by atoms with E-state index in [9.17, 15) is 14.4 Å². The van der Waals surface area contributed by atoms with Crippen LogP contribution in [0.4, 0.5) is 0 Å². The van der Waals surface area contributed by atoms with Crippen molar-refractivity contribution in [3.05, 3.63) is 158 Å². The number of hydrogen-bond donors (Lipinski definition) is 0. The third-order valence-corrected chi connectivity index (χ3v) is 14.0. The maximum absolute atomic E-state index is 12.9. The highest BCUT2D eigenvalue weighted by atomic mass is 16.6. The van der Waals surface area contributed by atoms with Gasteiger partial charge in [0, 0.05) is 19.3 Å². The summed E-state index contributed by atoms with van der Waals surface area (Å²) in [5, 5.41) is 0. The zero-order valence-electron chi connectivity index (χ0n) is 53.7. The number of rotatable bonds is 60. The maximum atomic E-state index is 12.9. The second kappa shape index (κ2) is 69.5. The molecule has 0 saturated heterocycles. The van der Waals surface area contributed by atoms with Crippen LogP contribution in [0.25, 0.3) is 0 Å². The van der Waals surface area contributed by atoms with Crippen LogP contribution in [0.5, 0.6) is 0 Å². The number of allylic oxidation sites excluding steroid dienone is 26. The van der Waals surface area contributed by atoms with Crippen molar-refractivity contribution in [3.8, 4) is 0 Å². The fourth-order valence-electron chi connectivity index (χ4n) is 8.97. The lowest BCUT2D eigenvalue weighted by molar-refractivity contribution is -0.167. The quantitative estimate of drug-likeness (QED) is 0.0261. The average Bonchev–Trinajstić information content (AvgIpc) is 3.50. The van der Waals surface area contributed by atoms with Gasteiger partial charge in [0.15, 0.2) is 6.10 Å². The van der Waals surface area contributed by atoms with Gasteiger partial charge in [0.1, 0.15) is 13.2 Å². The number of esters is 3. The molecule has 0 aliphatic carbocycles. The molecule has 0 rings (SSSR count). The van der Waals surface area contributed by atoms with Crippen molar-refractivity contribution < 1.29 is 28.6 Å². The first-order valence-corrected chi connectivity index (χ1v) is 34.0. The van der Waals surface area contributed by atoms with E-state index >= 15 is 0 Å². The van der Waals surface area contributed by atoms with E-state index in [2.05, 4.69) is 179 Å². The molecule has 0 bridgehead atoms. The molecule has 0 aliphatic rings. The number of hydrogen-bond acceptors (Lipinski definition) is 6. The zero-order valence-corrected chi connectivity index (χ0v) is 53.7. The summed E-state index contributed by atoms with van der Waals surface area (Å²) in [6.45, 7) is 6.35. The number of unbranched alkanes of at least 4 members (excludes halogenated alkanes) is 23. The van der Waals surface area contributed by atoms with Crippen LogP contribution in [0, 0.1) is 0 Å². The van der Waals surface area contributed by atoms with Gasteiger partial charge in [-0.25, -0.2) is 0 Å². The lowest BCUT2D eigenvalue weighted by Gasteiger charge is -2.18. The third kappa shape index (κ3) is 67.7. The second-order valence-electron chi connectivity index (χ2n) is 22.0. The molecule has 0 heterocycles. The van der Waals surface area contributed by atoms with Crippen molar-refractivity contribution in [2.24, 2.45) is 0 Å². The predicted octanol–water partition coefficient (Wildman–Crippen LogP) is 23.7. The molecule has 0 amide bonds. The molecule has 0 N–H and O–H groups in total. The average molecular weight is 1150 g/mol. The monoisotopic (exact) mass is 1140 g/mol. The van der Waals surface area contributed by atoms with Gasteiger partial charge < -0.3 is 14.2 Å². The lowest BCUT2D eigenvalue weighted by Crippen LogP contribution is -2.30. The molecular formula is C77H124O6. The van der Waals surface area contributed by atoms with Crippen molar-refractivity contribution in [1.29, 1.82) is 0 Å². The normalized spacial score (nSPS) is 13.1. The van der Waals surface area contributed by atoms with Gasteiger partial charge in [-0.05, 0) is 148 Å². The van der Waals surface area contributed by atoms with Crippen LogP contribution in [0.2, 0.25) is 0 Å². The van der Waals surface area contributed by atoms with Gasteiger partial charge >= 0.3 is 17.9 Å². The topological polar surface area (TPSA) is 78.9 Å². The Hall–Kier alpha value is -4.97. The molecule has 1 atom stereocenters. The van der Waals surface area contributed by atoms with Crippen LogP contribution in [0.3, 0.4) is 0 Å². The van der Waals surface area contributed by atoms with Crippen LogP contribution >= 0.6 is 0 Å². The first kappa shape index (κ1) is 78.0. The summed E-state index contributed by atoms with van der Waals surface area (Å²) in [4.78, 5) is 38.4. The molecule has 0 saturated carbocycles. The SMILES string of the molecule is CC/C=C\C/C=C\C/C=C\C/C=C\C/C=C\C/C=C\CCCCC(=O)OC(COC(=O)CCCCCCCCC/C=C\C/C=C\CCCCC)COC(=O)CCCCCCCCCCCCC/C=C\C/C=C\C/C=C\C/C=C\C/C=C\CC. The number of carbonyl (C=O) groups excluding carboxylic acids is 3. The summed E-state index contributed by atoms with van der Waals surface area (Å²) >= 11 is 0. The van der Waals surface area contributed by atoms with Gasteiger partial charge in [-0.2, -0.15) is 0 Å². The van der Waals surface area contributed by atoms with Gasteiger partial charge in [-0.1, -0.05) is 281 Å². The van der Waals surface area contributed by atoms with E-state index in [0.717, 1.165) is 135 Å². The first-order valence-electron chi connectivity index (χ1n) is 34.0. The Morgan fingerprint density at radius 3 is 0.759 bits per heavy atom. The van der Waals surface area contributed by atoms with E-state index in [1.165, 1.54) is 109 Å². The lowest BCUT2D eigenvalue weighted by atomic mass is 10.0. The van der Waals surface area contributed by atoms with Crippen molar-refractivity contribution in [3.63, 3.8) is 0 Å². The van der Waals surface area contributed by atoms with E-state index in [1.54, 1.807) is 0 Å². The van der Waals surface area contributed by atoms with Gasteiger partial charge in [-0.15, -0.1) is 0 Å². The summed E-state index contributed by atoms with van der Waals surface area (Å²) in [5.41, 5.74) is 0. The van der Waals surface area contributed by atoms with E-state index in [0.29, 0.717) is 19.3 Å². The molecule has 468 valence electrons. The Morgan fingerprint density at radius 2 is 0.470 bits per heavy atom. The summed E-state index contributed by atoms with van der Waals surface area (Å²) < 4.78 is 16.9. The Bertz CT molecular complexity index is 1840. The number of ether oxygens (including phenoxy) is 3. The van der Waals surface area contributed by atoms with Crippen LogP contribution in [-0.4, -0.2) is 37.2 Å². The van der Waals surface area contributed by atoms with Crippen LogP contribution in [-0.2, 0) is 28.6 Å². The van der Waals surface area contributed by atoms with Gasteiger partial charge in [0.25, 0.3) is 0 Å². The Balaban J connectivity index is 4.46. The largest absolute Gasteiger partial charge is 0.462 e. The molecule has 0 fully saturated rings. The van der Waals surface area contributed by atoms with Crippen LogP contribution < -0.4 is 0 Å². The predicted molar refractivity (Wildman–Crippen MR) is 362 cm³/mol. The smallest absolute Gasteiger partial charge is 0.306 e. The van der Waals surface area contributed by atoms with Crippen molar-refractivity contribution >= 4 is 17.9 Å². The maximum Gasteiger partial charge on any atom is 0.306 e. The van der Waals surface area contributed by atoms with Crippen LogP contribution in [0.15, 0.2) is 158 Å². The molecule has 6 nitrogen and oxygen atoms in total. The molecule has 1 unspecified atom stereocenters. The van der Waals surface area contributed by atoms with E-state index in [-0.39, 0.29) is 37.5 Å². The highest BCUT2D eigenvalue weighted by Gasteiger charge is 2.19. The molecule has 0 aromatic rings. The minimum absolute atomic E-state index is 0.105. The fourth-order valence-corrected chi connectivity index (χ4v) is 8.97. The molecule has 83 heavy (non-hydrogen) atoms. The molecule has 0 spiro atoms. The fraction of sp³-hybridized carbons (Fsp3) is 0.623. The highest BCUT2D eigenvalue weighted by molar-refractivity contribution is 5.71. The van der Waals surface area contributed by atoms with E-state index in [4.69, 9.17) is 14.2 Å². The van der Waals surface area contributed by atoms with Gasteiger partial charge in [0.05, 0.1) is 0 Å². The third-order valence-electron chi connectivity index (χ3n) is 14.0. The van der Waals surface area contributed by atoms with Crippen molar-refractivity contribution in [2.75, 3.05) is 13.2 Å². The summed E-state index contributed by atoms with van der Waals surface area (Å²) in [6, 6.07) is 0. The van der Waals surface area contributed by atoms with Gasteiger partial charge in [-0.3, -0.25) is 14.4 Å². The molecule has 6 heteroatoms. The highest BCUT2D eigenvalue weighted by Crippen LogP contribution is 2.15. The summed E-state index contributed by atoms with van der Waals surface area (Å²) in [6.07, 6.45) is 101. The Kier molecular flexibility index (Phi) is 65.4. The zero-order chi connectivity index (χ0) is 59.9. The van der Waals surface area contributed by atoms with Gasteiger partial charge in [0.2, 0.25) is 0 Å². The van der Waals surface area contributed by atoms with E-state index in [1.807, 2.05) is 0 Å². The number of carbonyl (C=O) groups is 3. The molecule has 0 aromatic heterocycles.